The Hall–Kier alpha value is -2.82. The van der Waals surface area contributed by atoms with Gasteiger partial charge in [0.1, 0.15) is 17.2 Å². The number of aryl methyl sites for hydroxylation is 1. The number of benzene rings is 1. The second-order valence-electron chi connectivity index (χ2n) is 12.8. The van der Waals surface area contributed by atoms with Crippen molar-refractivity contribution in [3.05, 3.63) is 67.9 Å². The van der Waals surface area contributed by atoms with Crippen LogP contribution in [0.4, 0.5) is 5.82 Å². The Balaban J connectivity index is 1.42. The molecule has 1 amide bonds. The van der Waals surface area contributed by atoms with Crippen LogP contribution in [0.15, 0.2) is 39.9 Å². The number of pyridine rings is 1. The number of carbonyl (C=O) groups is 1. The number of fused-ring (bicyclic) bond motifs is 4. The van der Waals surface area contributed by atoms with Gasteiger partial charge in [-0.1, -0.05) is 27.2 Å². The van der Waals surface area contributed by atoms with E-state index in [4.69, 9.17) is 9.41 Å². The van der Waals surface area contributed by atoms with E-state index in [0.717, 1.165) is 52.6 Å². The lowest BCUT2D eigenvalue weighted by atomic mass is 10.0. The van der Waals surface area contributed by atoms with Crippen molar-refractivity contribution >= 4 is 52.5 Å². The normalized spacial score (nSPS) is 19.6. The molecule has 2 aliphatic rings. The summed E-state index contributed by atoms with van der Waals surface area (Å²) in [5, 5.41) is 0.112. The van der Waals surface area contributed by atoms with E-state index in [1.807, 2.05) is 29.5 Å². The molecule has 1 fully saturated rings. The number of hydrogen-bond acceptors (Lipinski definition) is 5. The molecule has 1 N–H and O–H groups in total. The van der Waals surface area contributed by atoms with Gasteiger partial charge in [-0.25, -0.2) is 9.97 Å². The van der Waals surface area contributed by atoms with Gasteiger partial charge in [0, 0.05) is 28.7 Å². The molecule has 210 valence electrons. The topological polar surface area (TPSA) is 92.6 Å². The van der Waals surface area contributed by atoms with Crippen LogP contribution in [-0.4, -0.2) is 46.2 Å². The number of hydrogen-bond donors (Lipinski definition) is 1. The molecule has 4 aromatic rings. The molecule has 0 saturated heterocycles. The molecule has 40 heavy (non-hydrogen) atoms. The summed E-state index contributed by atoms with van der Waals surface area (Å²) in [6.07, 6.45) is 7.26. The minimum atomic E-state index is -1.98. The van der Waals surface area contributed by atoms with Crippen molar-refractivity contribution in [2.45, 2.75) is 83.5 Å². The maximum atomic E-state index is 13.7. The Bertz CT molecular complexity index is 1720. The van der Waals surface area contributed by atoms with Gasteiger partial charge in [0.2, 0.25) is 0 Å². The number of carbonyl (C=O) groups excluding carboxylic acids is 1. The van der Waals surface area contributed by atoms with Gasteiger partial charge in [0.15, 0.2) is 8.32 Å². The molecule has 1 aliphatic carbocycles. The van der Waals surface area contributed by atoms with E-state index in [1.54, 1.807) is 17.3 Å². The monoisotopic (exact) mass is 621 g/mol. The van der Waals surface area contributed by atoms with Gasteiger partial charge in [-0.05, 0) is 89.6 Å². The van der Waals surface area contributed by atoms with Gasteiger partial charge in [-0.2, -0.15) is 0 Å². The van der Waals surface area contributed by atoms with Gasteiger partial charge >= 0.3 is 0 Å². The van der Waals surface area contributed by atoms with Crippen molar-refractivity contribution < 1.29 is 9.22 Å². The van der Waals surface area contributed by atoms with Crippen LogP contribution >= 0.6 is 15.9 Å². The molecule has 2 atom stereocenters. The van der Waals surface area contributed by atoms with E-state index in [0.29, 0.717) is 29.0 Å². The molecule has 4 heterocycles. The maximum Gasteiger partial charge on any atom is 0.274 e. The second kappa shape index (κ2) is 9.63. The molecular weight excluding hydrogens is 586 g/mol. The zero-order valence-corrected chi connectivity index (χ0v) is 26.6. The first kappa shape index (κ1) is 27.4. The number of H-pyrrole nitrogens is 1. The number of imidazole rings is 1. The Morgan fingerprint density at radius 2 is 1.90 bits per heavy atom. The standard InChI is InChI=1S/C30H36BrN5O3Si/c1-17-12-23-22(14-21(17)29(38)35-11-10-18-13-19(31)15-32-26(18)35)34-28(37)24-16-33-27(36(23)24)20-8-7-9-25(20)39-40(5,6)30(2,3)4/h12-16,20,25H,7-11H2,1-6H3,(H,34,37)/t20-,25+/m0/s1. The predicted molar refractivity (Wildman–Crippen MR) is 164 cm³/mol. The highest BCUT2D eigenvalue weighted by Crippen LogP contribution is 2.44. The first-order valence-electron chi connectivity index (χ1n) is 14.0. The SMILES string of the molecule is Cc1cc2c(cc1C(=O)N1CCc3cc(Br)cnc31)[nH]c(=O)c1cnc([C@H]3CCC[C@H]3O[Si](C)(C)C(C)(C)C)n12. The molecule has 1 aliphatic heterocycles. The second-order valence-corrected chi connectivity index (χ2v) is 18.4. The molecule has 0 spiro atoms. The Kier molecular flexibility index (Phi) is 6.59. The molecular formula is C30H36BrN5O3Si. The highest BCUT2D eigenvalue weighted by atomic mass is 79.9. The molecule has 0 radical (unpaired) electrons. The lowest BCUT2D eigenvalue weighted by molar-refractivity contribution is 0.0988. The number of nitrogens with one attached hydrogen (secondary N) is 1. The molecule has 6 rings (SSSR count). The molecule has 8 nitrogen and oxygen atoms in total. The lowest BCUT2D eigenvalue weighted by Crippen LogP contribution is -2.44. The summed E-state index contributed by atoms with van der Waals surface area (Å²) in [5.41, 5.74) is 4.21. The average Bonchev–Trinajstić information content (AvgIpc) is 3.61. The van der Waals surface area contributed by atoms with E-state index >= 15 is 0 Å². The zero-order chi connectivity index (χ0) is 28.6. The van der Waals surface area contributed by atoms with Gasteiger partial charge in [-0.3, -0.25) is 18.9 Å². The van der Waals surface area contributed by atoms with Gasteiger partial charge < -0.3 is 9.41 Å². The number of anilines is 1. The van der Waals surface area contributed by atoms with Crippen molar-refractivity contribution in [3.63, 3.8) is 0 Å². The minimum absolute atomic E-state index is 0.0746. The largest absolute Gasteiger partial charge is 0.413 e. The summed E-state index contributed by atoms with van der Waals surface area (Å²) in [5.74, 6) is 1.56. The summed E-state index contributed by atoms with van der Waals surface area (Å²) in [6.45, 7) is 13.9. The molecule has 0 unspecified atom stereocenters. The zero-order valence-electron chi connectivity index (χ0n) is 24.0. The Morgan fingerprint density at radius 1 is 1.12 bits per heavy atom. The van der Waals surface area contributed by atoms with E-state index in [2.05, 4.69) is 59.8 Å². The third-order valence-corrected chi connectivity index (χ3v) is 14.1. The predicted octanol–water partition coefficient (Wildman–Crippen LogP) is 6.50. The number of aromatic amines is 1. The number of amides is 1. The van der Waals surface area contributed by atoms with Crippen molar-refractivity contribution in [2.75, 3.05) is 11.4 Å². The quantitative estimate of drug-likeness (QED) is 0.262. The van der Waals surface area contributed by atoms with Crippen LogP contribution in [0, 0.1) is 6.92 Å². The number of aromatic nitrogens is 4. The van der Waals surface area contributed by atoms with Crippen LogP contribution in [-0.2, 0) is 10.8 Å². The highest BCUT2D eigenvalue weighted by Gasteiger charge is 2.43. The number of nitrogens with zero attached hydrogens (tertiary/aromatic N) is 4. The van der Waals surface area contributed by atoms with Crippen molar-refractivity contribution in [2.24, 2.45) is 0 Å². The third kappa shape index (κ3) is 4.44. The summed E-state index contributed by atoms with van der Waals surface area (Å²) < 4.78 is 9.80. The van der Waals surface area contributed by atoms with Gasteiger partial charge in [-0.15, -0.1) is 0 Å². The third-order valence-electron chi connectivity index (χ3n) is 9.14. The molecule has 10 heteroatoms. The Morgan fingerprint density at radius 3 is 2.65 bits per heavy atom. The van der Waals surface area contributed by atoms with Gasteiger partial charge in [0.05, 0.1) is 23.3 Å². The molecule has 1 saturated carbocycles. The fourth-order valence-electron chi connectivity index (χ4n) is 5.94. The summed E-state index contributed by atoms with van der Waals surface area (Å²) in [6, 6.07) is 5.83. The van der Waals surface area contributed by atoms with Crippen molar-refractivity contribution in [3.8, 4) is 0 Å². The smallest absolute Gasteiger partial charge is 0.274 e. The van der Waals surface area contributed by atoms with Gasteiger partial charge in [0.25, 0.3) is 11.5 Å². The van der Waals surface area contributed by atoms with Crippen LogP contribution in [0.25, 0.3) is 16.6 Å². The first-order valence-corrected chi connectivity index (χ1v) is 17.7. The van der Waals surface area contributed by atoms with E-state index in [1.165, 1.54) is 0 Å². The fourth-order valence-corrected chi connectivity index (χ4v) is 7.71. The lowest BCUT2D eigenvalue weighted by Gasteiger charge is -2.39. The molecule has 0 bridgehead atoms. The molecule has 1 aromatic carbocycles. The van der Waals surface area contributed by atoms with E-state index in [-0.39, 0.29) is 28.5 Å². The maximum absolute atomic E-state index is 13.7. The average molecular weight is 623 g/mol. The Labute approximate surface area is 243 Å². The van der Waals surface area contributed by atoms with Crippen molar-refractivity contribution in [1.82, 2.24) is 19.4 Å². The minimum Gasteiger partial charge on any atom is -0.413 e. The van der Waals surface area contributed by atoms with E-state index < -0.39 is 8.32 Å². The van der Waals surface area contributed by atoms with Crippen LogP contribution < -0.4 is 10.5 Å². The molecule has 3 aromatic heterocycles. The summed E-state index contributed by atoms with van der Waals surface area (Å²) in [7, 11) is -1.98. The number of halogens is 1. The highest BCUT2D eigenvalue weighted by molar-refractivity contribution is 9.10. The number of rotatable bonds is 4. The van der Waals surface area contributed by atoms with Crippen LogP contribution in [0.2, 0.25) is 18.1 Å². The summed E-state index contributed by atoms with van der Waals surface area (Å²) in [4.78, 5) is 41.0. The summed E-state index contributed by atoms with van der Waals surface area (Å²) >= 11 is 3.47. The fraction of sp³-hybridized carbons (Fsp3) is 0.467. The first-order chi connectivity index (χ1) is 18.9. The van der Waals surface area contributed by atoms with Crippen molar-refractivity contribution in [1.29, 1.82) is 0 Å². The van der Waals surface area contributed by atoms with Crippen LogP contribution in [0.1, 0.15) is 73.3 Å². The van der Waals surface area contributed by atoms with Crippen LogP contribution in [0.3, 0.4) is 0 Å². The van der Waals surface area contributed by atoms with Crippen LogP contribution in [0.5, 0.6) is 0 Å². The van der Waals surface area contributed by atoms with E-state index in [9.17, 15) is 9.59 Å².